The zero-order valence-electron chi connectivity index (χ0n) is 13.3. The molecule has 0 spiro atoms. The minimum Gasteiger partial charge on any atom is -0.345 e. The summed E-state index contributed by atoms with van der Waals surface area (Å²) in [4.78, 5) is 12.7. The normalized spacial score (nSPS) is 16.7. The molecule has 0 aliphatic heterocycles. The Bertz CT molecular complexity index is 893. The van der Waals surface area contributed by atoms with Crippen LogP contribution < -0.4 is 5.32 Å². The number of aryl methyl sites for hydroxylation is 1. The molecule has 1 atom stereocenters. The molecule has 0 bridgehead atoms. The van der Waals surface area contributed by atoms with Crippen molar-refractivity contribution in [3.05, 3.63) is 65.0 Å². The van der Waals surface area contributed by atoms with E-state index in [4.69, 9.17) is 0 Å². The molecule has 4 nitrogen and oxygen atoms in total. The minimum atomic E-state index is -3.48. The molecule has 24 heavy (non-hydrogen) atoms. The molecule has 0 heterocycles. The van der Waals surface area contributed by atoms with Gasteiger partial charge < -0.3 is 5.32 Å². The smallest absolute Gasteiger partial charge is 0.253 e. The van der Waals surface area contributed by atoms with Gasteiger partial charge in [-0.2, -0.15) is 0 Å². The third-order valence-corrected chi connectivity index (χ3v) is 6.12. The monoisotopic (exact) mass is 347 g/mol. The van der Waals surface area contributed by atoms with Crippen LogP contribution in [0, 0.1) is 5.82 Å². The quantitative estimate of drug-likeness (QED) is 0.925. The molecule has 0 saturated carbocycles. The van der Waals surface area contributed by atoms with Gasteiger partial charge in [0.2, 0.25) is 0 Å². The molecule has 0 aromatic heterocycles. The highest BCUT2D eigenvalue weighted by Crippen LogP contribution is 2.32. The van der Waals surface area contributed by atoms with Crippen LogP contribution in [0.5, 0.6) is 0 Å². The number of fused-ring (bicyclic) bond motifs is 1. The van der Waals surface area contributed by atoms with Gasteiger partial charge in [-0.15, -0.1) is 0 Å². The number of amides is 1. The molecule has 2 aromatic carbocycles. The molecular formula is C18H18FNO3S. The Morgan fingerprint density at radius 2 is 2.00 bits per heavy atom. The van der Waals surface area contributed by atoms with E-state index in [1.165, 1.54) is 24.3 Å². The van der Waals surface area contributed by atoms with E-state index in [1.54, 1.807) is 25.1 Å². The van der Waals surface area contributed by atoms with Crippen molar-refractivity contribution in [2.24, 2.45) is 0 Å². The Morgan fingerprint density at radius 1 is 1.25 bits per heavy atom. The zero-order valence-corrected chi connectivity index (χ0v) is 14.1. The van der Waals surface area contributed by atoms with Crippen molar-refractivity contribution in [1.82, 2.24) is 5.32 Å². The number of sulfone groups is 1. The Balaban J connectivity index is 1.88. The highest BCUT2D eigenvalue weighted by atomic mass is 32.2. The van der Waals surface area contributed by atoms with Gasteiger partial charge in [0, 0.05) is 0 Å². The van der Waals surface area contributed by atoms with E-state index in [1.807, 2.05) is 0 Å². The van der Waals surface area contributed by atoms with E-state index in [0.717, 1.165) is 11.1 Å². The molecular weight excluding hydrogens is 329 g/mol. The number of hydrogen-bond donors (Lipinski definition) is 1. The summed E-state index contributed by atoms with van der Waals surface area (Å²) in [7, 11) is -3.48. The number of hydrogen-bond acceptors (Lipinski definition) is 3. The average molecular weight is 347 g/mol. The van der Waals surface area contributed by atoms with Gasteiger partial charge in [0.25, 0.3) is 5.91 Å². The lowest BCUT2D eigenvalue weighted by Gasteiger charge is -2.16. The molecule has 2 aromatic rings. The maximum absolute atomic E-state index is 13.3. The molecule has 0 saturated heterocycles. The van der Waals surface area contributed by atoms with E-state index in [9.17, 15) is 17.6 Å². The van der Waals surface area contributed by atoms with Gasteiger partial charge in [-0.25, -0.2) is 12.8 Å². The predicted octanol–water partition coefficient (Wildman–Crippen LogP) is 3.04. The Kier molecular flexibility index (Phi) is 4.41. The number of halogens is 1. The van der Waals surface area contributed by atoms with Crippen LogP contribution >= 0.6 is 0 Å². The van der Waals surface area contributed by atoms with Crippen molar-refractivity contribution in [2.75, 3.05) is 5.75 Å². The van der Waals surface area contributed by atoms with Crippen LogP contribution in [-0.2, 0) is 16.3 Å². The molecule has 0 fully saturated rings. The molecule has 1 unspecified atom stereocenters. The zero-order chi connectivity index (χ0) is 17.3. The van der Waals surface area contributed by atoms with Gasteiger partial charge in [-0.05, 0) is 48.2 Å². The van der Waals surface area contributed by atoms with E-state index >= 15 is 0 Å². The molecule has 1 N–H and O–H groups in total. The van der Waals surface area contributed by atoms with Gasteiger partial charge in [0.05, 0.1) is 22.3 Å². The van der Waals surface area contributed by atoms with Crippen molar-refractivity contribution in [1.29, 1.82) is 0 Å². The first-order valence-electron chi connectivity index (χ1n) is 7.83. The predicted molar refractivity (Wildman–Crippen MR) is 89.1 cm³/mol. The fourth-order valence-corrected chi connectivity index (χ4v) is 4.15. The van der Waals surface area contributed by atoms with Gasteiger partial charge in [0.15, 0.2) is 9.84 Å². The highest BCUT2D eigenvalue weighted by molar-refractivity contribution is 7.91. The largest absolute Gasteiger partial charge is 0.345 e. The number of benzene rings is 2. The van der Waals surface area contributed by atoms with E-state index < -0.39 is 15.7 Å². The first kappa shape index (κ1) is 16.6. The van der Waals surface area contributed by atoms with Crippen molar-refractivity contribution in [3.63, 3.8) is 0 Å². The van der Waals surface area contributed by atoms with Crippen LogP contribution in [0.3, 0.4) is 0 Å². The topological polar surface area (TPSA) is 63.2 Å². The summed E-state index contributed by atoms with van der Waals surface area (Å²) < 4.78 is 37.6. The van der Waals surface area contributed by atoms with Crippen LogP contribution in [0.4, 0.5) is 4.39 Å². The lowest BCUT2D eigenvalue weighted by molar-refractivity contribution is 0.0933. The first-order chi connectivity index (χ1) is 11.4. The Morgan fingerprint density at radius 3 is 2.75 bits per heavy atom. The highest BCUT2D eigenvalue weighted by Gasteiger charge is 2.27. The Hall–Kier alpha value is -2.21. The van der Waals surface area contributed by atoms with E-state index in [-0.39, 0.29) is 28.1 Å². The summed E-state index contributed by atoms with van der Waals surface area (Å²) >= 11 is 0. The lowest BCUT2D eigenvalue weighted by Crippen LogP contribution is -2.28. The second-order valence-electron chi connectivity index (χ2n) is 5.81. The fraction of sp³-hybridized carbons (Fsp3) is 0.278. The van der Waals surface area contributed by atoms with Crippen molar-refractivity contribution < 1.29 is 17.6 Å². The number of carbonyl (C=O) groups excluding carboxylic acids is 1. The van der Waals surface area contributed by atoms with Crippen LogP contribution in [-0.4, -0.2) is 20.1 Å². The molecule has 0 radical (unpaired) electrons. The van der Waals surface area contributed by atoms with Crippen molar-refractivity contribution >= 4 is 15.7 Å². The average Bonchev–Trinajstić information content (AvgIpc) is 2.96. The van der Waals surface area contributed by atoms with Gasteiger partial charge in [-0.1, -0.05) is 25.1 Å². The summed E-state index contributed by atoms with van der Waals surface area (Å²) in [6, 6.07) is 10.5. The summed E-state index contributed by atoms with van der Waals surface area (Å²) in [5.41, 5.74) is 1.92. The second-order valence-corrected chi connectivity index (χ2v) is 8.05. The Labute approximate surface area is 140 Å². The second kappa shape index (κ2) is 6.36. The maximum atomic E-state index is 13.3. The molecule has 1 aliphatic rings. The number of nitrogens with one attached hydrogen (secondary N) is 1. The summed E-state index contributed by atoms with van der Waals surface area (Å²) in [6.07, 6.45) is 1.36. The minimum absolute atomic E-state index is 0.0438. The third kappa shape index (κ3) is 3.06. The van der Waals surface area contributed by atoms with Crippen LogP contribution in [0.1, 0.15) is 40.9 Å². The SMILES string of the molecule is CCS(=O)(=O)c1ccccc1C(=O)NC1CCc2cc(F)ccc21. The standard InChI is InChI=1S/C18H18FNO3S/c1-2-24(22,23)17-6-4-3-5-15(17)18(21)20-16-10-7-12-11-13(19)8-9-14(12)16/h3-6,8-9,11,16H,2,7,10H2,1H3,(H,20,21). The fourth-order valence-electron chi connectivity index (χ4n) is 3.05. The molecule has 3 rings (SSSR count). The molecule has 1 amide bonds. The first-order valence-corrected chi connectivity index (χ1v) is 9.48. The summed E-state index contributed by atoms with van der Waals surface area (Å²) in [5.74, 6) is -0.784. The van der Waals surface area contributed by atoms with Gasteiger partial charge in [0.1, 0.15) is 5.82 Å². The van der Waals surface area contributed by atoms with Crippen molar-refractivity contribution in [3.8, 4) is 0 Å². The van der Waals surface area contributed by atoms with Crippen LogP contribution in [0.25, 0.3) is 0 Å². The molecule has 1 aliphatic carbocycles. The summed E-state index contributed by atoms with van der Waals surface area (Å²) in [5, 5.41) is 2.88. The van der Waals surface area contributed by atoms with Crippen LogP contribution in [0.2, 0.25) is 0 Å². The van der Waals surface area contributed by atoms with E-state index in [0.29, 0.717) is 12.8 Å². The van der Waals surface area contributed by atoms with Gasteiger partial charge in [-0.3, -0.25) is 4.79 Å². The molecule has 6 heteroatoms. The van der Waals surface area contributed by atoms with Crippen molar-refractivity contribution in [2.45, 2.75) is 30.7 Å². The summed E-state index contributed by atoms with van der Waals surface area (Å²) in [6.45, 7) is 1.55. The van der Waals surface area contributed by atoms with E-state index in [2.05, 4.69) is 5.32 Å². The van der Waals surface area contributed by atoms with Crippen LogP contribution in [0.15, 0.2) is 47.4 Å². The number of carbonyl (C=O) groups is 1. The third-order valence-electron chi connectivity index (χ3n) is 4.33. The lowest BCUT2D eigenvalue weighted by atomic mass is 10.1. The maximum Gasteiger partial charge on any atom is 0.253 e. The molecule has 126 valence electrons. The van der Waals surface area contributed by atoms with Gasteiger partial charge >= 0.3 is 0 Å². The number of rotatable bonds is 4.